The molecule has 2 aliphatic heterocycles. The molecule has 8 heteroatoms. The van der Waals surface area contributed by atoms with E-state index in [1.165, 1.54) is 0 Å². The van der Waals surface area contributed by atoms with Crippen LogP contribution < -0.4 is 0 Å². The summed E-state index contributed by atoms with van der Waals surface area (Å²) in [6.45, 7) is 10.1. The van der Waals surface area contributed by atoms with E-state index < -0.39 is 5.97 Å². The van der Waals surface area contributed by atoms with Crippen LogP contribution in [-0.4, -0.2) is 93.8 Å². The Balaban J connectivity index is 1.71. The molecule has 3 rings (SSSR count). The lowest BCUT2D eigenvalue weighted by atomic mass is 9.86. The minimum absolute atomic E-state index is 0.0225. The van der Waals surface area contributed by atoms with E-state index in [-0.39, 0.29) is 18.2 Å². The van der Waals surface area contributed by atoms with Gasteiger partial charge in [-0.1, -0.05) is 0 Å². The summed E-state index contributed by atoms with van der Waals surface area (Å²) in [5.41, 5.74) is 1.56. The first-order valence-electron chi connectivity index (χ1n) is 10.4. The number of aromatic nitrogens is 2. The zero-order valence-electron chi connectivity index (χ0n) is 17.3. The summed E-state index contributed by atoms with van der Waals surface area (Å²) in [6, 6.07) is 0.358. The molecular weight excluding hydrogens is 358 g/mol. The summed E-state index contributed by atoms with van der Waals surface area (Å²) in [5.74, 6) is -0.547. The Hall–Kier alpha value is -1.93. The molecule has 2 fully saturated rings. The van der Waals surface area contributed by atoms with Gasteiger partial charge in [0.05, 0.1) is 11.8 Å². The van der Waals surface area contributed by atoms with Gasteiger partial charge in [-0.3, -0.25) is 19.2 Å². The largest absolute Gasteiger partial charge is 0.481 e. The first kappa shape index (κ1) is 20.8. The van der Waals surface area contributed by atoms with E-state index in [9.17, 15) is 14.7 Å². The maximum Gasteiger partial charge on any atom is 0.303 e. The lowest BCUT2D eigenvalue weighted by Crippen LogP contribution is -2.57. The van der Waals surface area contributed by atoms with Gasteiger partial charge in [-0.15, -0.1) is 0 Å². The SMILES string of the molecule is CCn1ncc(C(=O)N2CCC(N3CCN(C)CC3)C(CCC(=O)O)C2)c1C. The number of carbonyl (C=O) groups is 2. The molecule has 28 heavy (non-hydrogen) atoms. The fraction of sp³-hybridized carbons (Fsp3) is 0.750. The molecule has 3 heterocycles. The summed E-state index contributed by atoms with van der Waals surface area (Å²) in [5, 5.41) is 13.5. The molecule has 0 aliphatic carbocycles. The van der Waals surface area contributed by atoms with Gasteiger partial charge in [0.2, 0.25) is 0 Å². The van der Waals surface area contributed by atoms with Crippen LogP contribution in [0.25, 0.3) is 0 Å². The average Bonchev–Trinajstić information content (AvgIpc) is 3.06. The maximum absolute atomic E-state index is 13.1. The van der Waals surface area contributed by atoms with Gasteiger partial charge in [-0.05, 0) is 39.7 Å². The number of aryl methyl sites for hydroxylation is 1. The molecule has 0 bridgehead atoms. The Kier molecular flexibility index (Phi) is 6.72. The monoisotopic (exact) mass is 391 g/mol. The van der Waals surface area contributed by atoms with Crippen molar-refractivity contribution in [2.45, 2.75) is 45.7 Å². The predicted molar refractivity (Wildman–Crippen MR) is 106 cm³/mol. The van der Waals surface area contributed by atoms with Crippen molar-refractivity contribution in [3.63, 3.8) is 0 Å². The number of nitrogens with zero attached hydrogens (tertiary/aromatic N) is 5. The molecular formula is C20H33N5O3. The van der Waals surface area contributed by atoms with Gasteiger partial charge >= 0.3 is 5.97 Å². The van der Waals surface area contributed by atoms with Crippen LogP contribution in [-0.2, 0) is 11.3 Å². The van der Waals surface area contributed by atoms with Crippen molar-refractivity contribution in [2.24, 2.45) is 5.92 Å². The molecule has 1 aromatic rings. The minimum Gasteiger partial charge on any atom is -0.481 e. The van der Waals surface area contributed by atoms with Gasteiger partial charge in [0.1, 0.15) is 0 Å². The summed E-state index contributed by atoms with van der Waals surface area (Å²) in [6.07, 6.45) is 3.34. The Morgan fingerprint density at radius 2 is 1.93 bits per heavy atom. The molecule has 2 aliphatic rings. The standard InChI is InChI=1S/C20H33N5O3/c1-4-25-15(2)17(13-21-25)20(28)24-8-7-18(16(14-24)5-6-19(26)27)23-11-9-22(3)10-12-23/h13,16,18H,4-12,14H2,1-3H3,(H,26,27). The Morgan fingerprint density at radius 3 is 2.54 bits per heavy atom. The normalized spacial score (nSPS) is 24.5. The smallest absolute Gasteiger partial charge is 0.303 e. The number of piperidine rings is 1. The van der Waals surface area contributed by atoms with Gasteiger partial charge in [-0.25, -0.2) is 0 Å². The number of amides is 1. The van der Waals surface area contributed by atoms with Gasteiger partial charge in [-0.2, -0.15) is 5.10 Å². The Labute approximate surface area is 167 Å². The highest BCUT2D eigenvalue weighted by molar-refractivity contribution is 5.95. The van der Waals surface area contributed by atoms with E-state index in [0.29, 0.717) is 24.6 Å². The second-order valence-electron chi connectivity index (χ2n) is 8.10. The molecule has 156 valence electrons. The van der Waals surface area contributed by atoms with Gasteiger partial charge < -0.3 is 14.9 Å². The van der Waals surface area contributed by atoms with Crippen molar-refractivity contribution in [2.75, 3.05) is 46.3 Å². The first-order valence-corrected chi connectivity index (χ1v) is 10.4. The van der Waals surface area contributed by atoms with E-state index in [2.05, 4.69) is 21.9 Å². The van der Waals surface area contributed by atoms with Crippen LogP contribution in [0.2, 0.25) is 0 Å². The van der Waals surface area contributed by atoms with Crippen molar-refractivity contribution in [1.29, 1.82) is 0 Å². The number of carboxylic acid groups (broad SMARTS) is 1. The van der Waals surface area contributed by atoms with E-state index in [4.69, 9.17) is 0 Å². The van der Waals surface area contributed by atoms with Crippen molar-refractivity contribution in [3.8, 4) is 0 Å². The van der Waals surface area contributed by atoms with Crippen LogP contribution in [0.4, 0.5) is 0 Å². The lowest BCUT2D eigenvalue weighted by Gasteiger charge is -2.46. The molecule has 1 N–H and O–H groups in total. The van der Waals surface area contributed by atoms with Crippen molar-refractivity contribution < 1.29 is 14.7 Å². The number of hydrogen-bond donors (Lipinski definition) is 1. The third-order valence-electron chi connectivity index (χ3n) is 6.35. The van der Waals surface area contributed by atoms with E-state index in [1.807, 2.05) is 23.4 Å². The zero-order chi connectivity index (χ0) is 20.3. The highest BCUT2D eigenvalue weighted by Gasteiger charge is 2.36. The summed E-state index contributed by atoms with van der Waals surface area (Å²) in [7, 11) is 2.14. The molecule has 2 saturated heterocycles. The molecule has 0 aromatic carbocycles. The third-order valence-corrected chi connectivity index (χ3v) is 6.35. The van der Waals surface area contributed by atoms with Gasteiger partial charge in [0.15, 0.2) is 0 Å². The fourth-order valence-electron chi connectivity index (χ4n) is 4.58. The number of piperazine rings is 1. The average molecular weight is 392 g/mol. The van der Waals surface area contributed by atoms with Crippen LogP contribution >= 0.6 is 0 Å². The number of hydrogen-bond acceptors (Lipinski definition) is 5. The highest BCUT2D eigenvalue weighted by atomic mass is 16.4. The Morgan fingerprint density at radius 1 is 1.21 bits per heavy atom. The second kappa shape index (κ2) is 9.05. The number of carbonyl (C=O) groups excluding carboxylic acids is 1. The number of rotatable bonds is 6. The number of aliphatic carboxylic acids is 1. The van der Waals surface area contributed by atoms with Crippen LogP contribution in [0.3, 0.4) is 0 Å². The lowest BCUT2D eigenvalue weighted by molar-refractivity contribution is -0.137. The number of likely N-dealkylation sites (N-methyl/N-ethyl adjacent to an activating group) is 1. The number of likely N-dealkylation sites (tertiary alicyclic amines) is 1. The third kappa shape index (κ3) is 4.55. The second-order valence-corrected chi connectivity index (χ2v) is 8.10. The van der Waals surface area contributed by atoms with Crippen LogP contribution in [0.1, 0.15) is 42.2 Å². The summed E-state index contributed by atoms with van der Waals surface area (Å²) in [4.78, 5) is 31.0. The summed E-state index contributed by atoms with van der Waals surface area (Å²) < 4.78 is 1.84. The van der Waals surface area contributed by atoms with Gasteiger partial charge in [0, 0.05) is 64.0 Å². The molecule has 1 aromatic heterocycles. The highest BCUT2D eigenvalue weighted by Crippen LogP contribution is 2.28. The maximum atomic E-state index is 13.1. The van der Waals surface area contributed by atoms with E-state index >= 15 is 0 Å². The molecule has 8 nitrogen and oxygen atoms in total. The predicted octanol–water partition coefficient (Wildman–Crippen LogP) is 1.15. The molecule has 0 spiro atoms. The first-order chi connectivity index (χ1) is 13.4. The van der Waals surface area contributed by atoms with Gasteiger partial charge in [0.25, 0.3) is 5.91 Å². The minimum atomic E-state index is -0.763. The van der Waals surface area contributed by atoms with E-state index in [1.54, 1.807) is 6.20 Å². The van der Waals surface area contributed by atoms with Crippen LogP contribution in [0, 0.1) is 12.8 Å². The van der Waals surface area contributed by atoms with Crippen molar-refractivity contribution in [1.82, 2.24) is 24.5 Å². The number of carboxylic acids is 1. The molecule has 0 saturated carbocycles. The fourth-order valence-corrected chi connectivity index (χ4v) is 4.58. The van der Waals surface area contributed by atoms with E-state index in [0.717, 1.165) is 51.4 Å². The van der Waals surface area contributed by atoms with Crippen molar-refractivity contribution >= 4 is 11.9 Å². The molecule has 1 amide bonds. The Bertz CT molecular complexity index is 696. The zero-order valence-corrected chi connectivity index (χ0v) is 17.3. The molecule has 2 unspecified atom stereocenters. The van der Waals surface area contributed by atoms with Crippen molar-refractivity contribution in [3.05, 3.63) is 17.5 Å². The quantitative estimate of drug-likeness (QED) is 0.784. The van der Waals surface area contributed by atoms with Crippen LogP contribution in [0.5, 0.6) is 0 Å². The molecule has 0 radical (unpaired) electrons. The molecule has 2 atom stereocenters. The van der Waals surface area contributed by atoms with Crippen LogP contribution in [0.15, 0.2) is 6.20 Å². The summed E-state index contributed by atoms with van der Waals surface area (Å²) >= 11 is 0. The topological polar surface area (TPSA) is 81.9 Å².